The van der Waals surface area contributed by atoms with E-state index in [1.165, 1.54) is 17.3 Å². The average molecular weight is 394 g/mol. The molecule has 0 bridgehead atoms. The van der Waals surface area contributed by atoms with E-state index in [1.807, 2.05) is 37.6 Å². The van der Waals surface area contributed by atoms with Crippen molar-refractivity contribution >= 4 is 23.4 Å². The third-order valence-electron chi connectivity index (χ3n) is 4.78. The third kappa shape index (κ3) is 3.62. The molecule has 2 aromatic carbocycles. The summed E-state index contributed by atoms with van der Waals surface area (Å²) < 4.78 is 1.86. The van der Waals surface area contributed by atoms with Crippen molar-refractivity contribution in [2.45, 2.75) is 44.1 Å². The molecule has 6 nitrogen and oxygen atoms in total. The van der Waals surface area contributed by atoms with Gasteiger partial charge in [0.1, 0.15) is 11.1 Å². The Kier molecular flexibility index (Phi) is 4.85. The van der Waals surface area contributed by atoms with Gasteiger partial charge in [0.2, 0.25) is 11.1 Å². The van der Waals surface area contributed by atoms with Crippen LogP contribution in [-0.2, 0) is 4.79 Å². The van der Waals surface area contributed by atoms with E-state index >= 15 is 0 Å². The lowest BCUT2D eigenvalue weighted by Gasteiger charge is -2.32. The molecule has 4 rings (SSSR count). The SMILES string of the molecule is Cc1ccc([C@@H]2Nn3c(C)nnc3S[C@@H]2C(=O)Nc2cc(C)cc(C)c2)cc1. The predicted molar refractivity (Wildman–Crippen MR) is 112 cm³/mol. The molecule has 28 heavy (non-hydrogen) atoms. The average Bonchev–Trinajstić information content (AvgIpc) is 3.01. The van der Waals surface area contributed by atoms with Crippen LogP contribution in [-0.4, -0.2) is 26.0 Å². The Morgan fingerprint density at radius 1 is 1.00 bits per heavy atom. The molecule has 7 heteroatoms. The second kappa shape index (κ2) is 7.31. The van der Waals surface area contributed by atoms with Gasteiger partial charge in [0.25, 0.3) is 0 Å². The fourth-order valence-electron chi connectivity index (χ4n) is 3.44. The first-order valence-corrected chi connectivity index (χ1v) is 10.1. The zero-order chi connectivity index (χ0) is 19.8. The second-order valence-electron chi connectivity index (χ2n) is 7.29. The quantitative estimate of drug-likeness (QED) is 0.706. The first kappa shape index (κ1) is 18.6. The maximum Gasteiger partial charge on any atom is 0.240 e. The number of fused-ring (bicyclic) bond motifs is 1. The molecule has 0 fully saturated rings. The van der Waals surface area contributed by atoms with Gasteiger partial charge in [-0.2, -0.15) is 0 Å². The highest BCUT2D eigenvalue weighted by molar-refractivity contribution is 8.00. The maximum atomic E-state index is 13.2. The summed E-state index contributed by atoms with van der Waals surface area (Å²) in [5.41, 5.74) is 8.72. The highest BCUT2D eigenvalue weighted by Crippen LogP contribution is 2.37. The van der Waals surface area contributed by atoms with E-state index in [4.69, 9.17) is 0 Å². The predicted octanol–water partition coefficient (Wildman–Crippen LogP) is 3.91. The summed E-state index contributed by atoms with van der Waals surface area (Å²) in [7, 11) is 0. The number of hydrogen-bond donors (Lipinski definition) is 2. The molecule has 0 radical (unpaired) electrons. The number of hydrogen-bond acceptors (Lipinski definition) is 5. The standard InChI is InChI=1S/C21H23N5OS/c1-12-5-7-16(8-6-12)18-19(28-21-24-23-15(4)26(21)25-18)20(27)22-17-10-13(2)9-14(3)11-17/h5-11,18-19,25H,1-4H3,(H,22,27)/t18-,19-/m0/s1. The zero-order valence-corrected chi connectivity index (χ0v) is 17.2. The second-order valence-corrected chi connectivity index (χ2v) is 8.40. The fourth-order valence-corrected chi connectivity index (χ4v) is 4.57. The van der Waals surface area contributed by atoms with Crippen LogP contribution in [0.4, 0.5) is 5.69 Å². The van der Waals surface area contributed by atoms with Crippen LogP contribution in [0.1, 0.15) is 34.1 Å². The lowest BCUT2D eigenvalue weighted by molar-refractivity contribution is -0.116. The Morgan fingerprint density at radius 2 is 1.68 bits per heavy atom. The Labute approximate surface area is 168 Å². The molecule has 2 atom stereocenters. The normalized spacial score (nSPS) is 18.3. The fraction of sp³-hybridized carbons (Fsp3) is 0.286. The van der Waals surface area contributed by atoms with Crippen molar-refractivity contribution in [3.05, 3.63) is 70.5 Å². The monoisotopic (exact) mass is 393 g/mol. The van der Waals surface area contributed by atoms with Crippen LogP contribution in [0.15, 0.2) is 47.6 Å². The molecular weight excluding hydrogens is 370 g/mol. The van der Waals surface area contributed by atoms with Crippen molar-refractivity contribution in [3.63, 3.8) is 0 Å². The molecule has 1 aromatic heterocycles. The molecule has 0 saturated carbocycles. The molecule has 1 amide bonds. The summed E-state index contributed by atoms with van der Waals surface area (Å²) in [5, 5.41) is 11.7. The van der Waals surface area contributed by atoms with E-state index in [-0.39, 0.29) is 17.2 Å². The number of thioether (sulfide) groups is 1. The lowest BCUT2D eigenvalue weighted by atomic mass is 10.0. The smallest absolute Gasteiger partial charge is 0.240 e. The number of nitrogens with one attached hydrogen (secondary N) is 2. The molecule has 0 saturated heterocycles. The van der Waals surface area contributed by atoms with Crippen molar-refractivity contribution in [3.8, 4) is 0 Å². The number of rotatable bonds is 3. The minimum atomic E-state index is -0.375. The Morgan fingerprint density at radius 3 is 2.36 bits per heavy atom. The van der Waals surface area contributed by atoms with Gasteiger partial charge in [0.05, 0.1) is 6.04 Å². The number of nitrogens with zero attached hydrogens (tertiary/aromatic N) is 3. The van der Waals surface area contributed by atoms with Crippen molar-refractivity contribution < 1.29 is 4.79 Å². The number of aryl methyl sites for hydroxylation is 4. The zero-order valence-electron chi connectivity index (χ0n) is 16.4. The van der Waals surface area contributed by atoms with Gasteiger partial charge >= 0.3 is 0 Å². The molecular formula is C21H23N5OS. The van der Waals surface area contributed by atoms with Gasteiger partial charge in [0, 0.05) is 5.69 Å². The van der Waals surface area contributed by atoms with Crippen molar-refractivity contribution in [1.82, 2.24) is 14.9 Å². The van der Waals surface area contributed by atoms with E-state index in [2.05, 4.69) is 58.2 Å². The van der Waals surface area contributed by atoms with Crippen LogP contribution in [0.2, 0.25) is 0 Å². The van der Waals surface area contributed by atoms with E-state index in [1.54, 1.807) is 0 Å². The number of anilines is 1. The summed E-state index contributed by atoms with van der Waals surface area (Å²) in [6.07, 6.45) is 0. The molecule has 0 aliphatic carbocycles. The molecule has 0 unspecified atom stereocenters. The summed E-state index contributed by atoms with van der Waals surface area (Å²) in [6, 6.07) is 14.1. The summed E-state index contributed by atoms with van der Waals surface area (Å²) in [5.74, 6) is 0.716. The first-order chi connectivity index (χ1) is 13.4. The number of amides is 1. The van der Waals surface area contributed by atoms with E-state index in [0.29, 0.717) is 5.16 Å². The minimum Gasteiger partial charge on any atom is -0.325 e. The van der Waals surface area contributed by atoms with Crippen molar-refractivity contribution in [2.75, 3.05) is 10.7 Å². The summed E-state index contributed by atoms with van der Waals surface area (Å²) in [6.45, 7) is 8.01. The van der Waals surface area contributed by atoms with Crippen LogP contribution >= 0.6 is 11.8 Å². The van der Waals surface area contributed by atoms with Crippen LogP contribution in [0.25, 0.3) is 0 Å². The maximum absolute atomic E-state index is 13.2. The molecule has 1 aliphatic rings. The third-order valence-corrected chi connectivity index (χ3v) is 6.00. The molecule has 3 aromatic rings. The van der Waals surface area contributed by atoms with Crippen molar-refractivity contribution in [2.24, 2.45) is 0 Å². The van der Waals surface area contributed by atoms with Gasteiger partial charge in [0.15, 0.2) is 0 Å². The van der Waals surface area contributed by atoms with Gasteiger partial charge in [-0.05, 0) is 56.5 Å². The highest BCUT2D eigenvalue weighted by atomic mass is 32.2. The number of carbonyl (C=O) groups is 1. The first-order valence-electron chi connectivity index (χ1n) is 9.21. The summed E-state index contributed by atoms with van der Waals surface area (Å²) >= 11 is 1.44. The van der Waals surface area contributed by atoms with Crippen LogP contribution in [0, 0.1) is 27.7 Å². The molecule has 2 heterocycles. The van der Waals surface area contributed by atoms with Gasteiger partial charge in [-0.15, -0.1) is 10.2 Å². The van der Waals surface area contributed by atoms with Crippen LogP contribution in [0.5, 0.6) is 0 Å². The highest BCUT2D eigenvalue weighted by Gasteiger charge is 2.37. The van der Waals surface area contributed by atoms with E-state index < -0.39 is 0 Å². The molecule has 0 spiro atoms. The van der Waals surface area contributed by atoms with Crippen LogP contribution < -0.4 is 10.7 Å². The van der Waals surface area contributed by atoms with E-state index in [0.717, 1.165) is 28.2 Å². The largest absolute Gasteiger partial charge is 0.325 e. The minimum absolute atomic E-state index is 0.0556. The Hall–Kier alpha value is -2.80. The van der Waals surface area contributed by atoms with Gasteiger partial charge in [-0.3, -0.25) is 4.79 Å². The molecule has 1 aliphatic heterocycles. The van der Waals surface area contributed by atoms with Crippen molar-refractivity contribution in [1.29, 1.82) is 0 Å². The number of benzene rings is 2. The number of aromatic nitrogens is 3. The Bertz CT molecular complexity index is 1010. The summed E-state index contributed by atoms with van der Waals surface area (Å²) in [4.78, 5) is 13.2. The van der Waals surface area contributed by atoms with Gasteiger partial charge < -0.3 is 10.7 Å². The molecule has 144 valence electrons. The van der Waals surface area contributed by atoms with Gasteiger partial charge in [-0.1, -0.05) is 47.7 Å². The van der Waals surface area contributed by atoms with E-state index in [9.17, 15) is 4.79 Å². The molecule has 2 N–H and O–H groups in total. The Balaban J connectivity index is 1.67. The van der Waals surface area contributed by atoms with Crippen LogP contribution in [0.3, 0.4) is 0 Å². The topological polar surface area (TPSA) is 71.8 Å². The lowest BCUT2D eigenvalue weighted by Crippen LogP contribution is -2.41. The number of carbonyl (C=O) groups excluding carboxylic acids is 1. The van der Waals surface area contributed by atoms with Gasteiger partial charge in [-0.25, -0.2) is 4.68 Å².